The van der Waals surface area contributed by atoms with Crippen LogP contribution >= 0.6 is 11.3 Å². The van der Waals surface area contributed by atoms with Gasteiger partial charge in [0.25, 0.3) is 0 Å². The molecular formula is C16H9F2NO2S. The summed E-state index contributed by atoms with van der Waals surface area (Å²) >= 11 is 1.15. The van der Waals surface area contributed by atoms with Gasteiger partial charge in [0.2, 0.25) is 0 Å². The van der Waals surface area contributed by atoms with Crippen molar-refractivity contribution in [1.29, 1.82) is 0 Å². The Morgan fingerprint density at radius 2 is 1.82 bits per heavy atom. The predicted molar refractivity (Wildman–Crippen MR) is 79.9 cm³/mol. The van der Waals surface area contributed by atoms with Crippen molar-refractivity contribution >= 4 is 17.3 Å². The summed E-state index contributed by atoms with van der Waals surface area (Å²) in [5.74, 6) is -2.20. The fourth-order valence-electron chi connectivity index (χ4n) is 2.06. The number of carboxylic acid groups (broad SMARTS) is 1. The Kier molecular flexibility index (Phi) is 3.68. The molecule has 0 fully saturated rings. The highest BCUT2D eigenvalue weighted by atomic mass is 32.1. The minimum absolute atomic E-state index is 0.0339. The van der Waals surface area contributed by atoms with Crippen molar-refractivity contribution in [1.82, 2.24) is 4.98 Å². The summed E-state index contributed by atoms with van der Waals surface area (Å²) in [5.41, 5.74) is 0.562. The second-order valence-electron chi connectivity index (χ2n) is 4.50. The second kappa shape index (κ2) is 5.65. The van der Waals surface area contributed by atoms with Crippen molar-refractivity contribution in [2.24, 2.45) is 0 Å². The molecule has 0 spiro atoms. The summed E-state index contributed by atoms with van der Waals surface area (Å²) in [4.78, 5) is 16.0. The zero-order valence-electron chi connectivity index (χ0n) is 11.1. The lowest BCUT2D eigenvalue weighted by Crippen LogP contribution is -2.01. The highest BCUT2D eigenvalue weighted by molar-refractivity contribution is 7.18. The van der Waals surface area contributed by atoms with E-state index in [2.05, 4.69) is 4.98 Å². The van der Waals surface area contributed by atoms with Crippen molar-refractivity contribution in [3.05, 3.63) is 65.9 Å². The summed E-state index contributed by atoms with van der Waals surface area (Å²) in [6.07, 6.45) is 1.52. The lowest BCUT2D eigenvalue weighted by atomic mass is 10.1. The fourth-order valence-corrected chi connectivity index (χ4v) is 3.04. The van der Waals surface area contributed by atoms with Gasteiger partial charge >= 0.3 is 5.97 Å². The third-order valence-corrected chi connectivity index (χ3v) is 4.16. The first-order valence-corrected chi connectivity index (χ1v) is 7.12. The highest BCUT2D eigenvalue weighted by Gasteiger charge is 2.19. The van der Waals surface area contributed by atoms with Crippen LogP contribution in [-0.2, 0) is 0 Å². The second-order valence-corrected chi connectivity index (χ2v) is 5.53. The molecule has 0 aliphatic rings. The van der Waals surface area contributed by atoms with E-state index in [9.17, 15) is 18.7 Å². The number of thiazole rings is 1. The van der Waals surface area contributed by atoms with Gasteiger partial charge in [-0.3, -0.25) is 0 Å². The maximum absolute atomic E-state index is 14.0. The Labute approximate surface area is 128 Å². The first-order chi connectivity index (χ1) is 10.6. The first-order valence-electron chi connectivity index (χ1n) is 6.30. The number of carboxylic acids is 1. The van der Waals surface area contributed by atoms with Gasteiger partial charge in [-0.1, -0.05) is 18.2 Å². The minimum atomic E-state index is -1.21. The van der Waals surface area contributed by atoms with Crippen LogP contribution in [0.1, 0.15) is 10.4 Å². The van der Waals surface area contributed by atoms with Crippen LogP contribution in [0.5, 0.6) is 0 Å². The Morgan fingerprint density at radius 1 is 1.09 bits per heavy atom. The smallest absolute Gasteiger partial charge is 0.336 e. The number of hydrogen-bond donors (Lipinski definition) is 1. The van der Waals surface area contributed by atoms with E-state index in [1.807, 2.05) is 0 Å². The SMILES string of the molecule is O=C(O)c1cccc(F)c1-c1ncc(-c2ccc(F)cc2)s1. The van der Waals surface area contributed by atoms with E-state index in [0.717, 1.165) is 16.9 Å². The van der Waals surface area contributed by atoms with E-state index in [-0.39, 0.29) is 22.0 Å². The molecule has 1 N–H and O–H groups in total. The number of rotatable bonds is 3. The summed E-state index contributed by atoms with van der Waals surface area (Å²) in [5, 5.41) is 9.45. The summed E-state index contributed by atoms with van der Waals surface area (Å²) in [7, 11) is 0. The highest BCUT2D eigenvalue weighted by Crippen LogP contribution is 2.35. The van der Waals surface area contributed by atoms with Gasteiger partial charge in [0, 0.05) is 6.20 Å². The molecule has 0 saturated carbocycles. The van der Waals surface area contributed by atoms with E-state index in [4.69, 9.17) is 0 Å². The lowest BCUT2D eigenvalue weighted by molar-refractivity contribution is 0.0697. The maximum atomic E-state index is 14.0. The van der Waals surface area contributed by atoms with Crippen molar-refractivity contribution in [3.8, 4) is 21.0 Å². The molecule has 3 nitrogen and oxygen atoms in total. The minimum Gasteiger partial charge on any atom is -0.478 e. The van der Waals surface area contributed by atoms with Crippen LogP contribution in [0.3, 0.4) is 0 Å². The molecule has 0 bridgehead atoms. The fraction of sp³-hybridized carbons (Fsp3) is 0. The maximum Gasteiger partial charge on any atom is 0.336 e. The zero-order chi connectivity index (χ0) is 15.7. The molecule has 1 heterocycles. The molecule has 6 heteroatoms. The van der Waals surface area contributed by atoms with Gasteiger partial charge in [-0.25, -0.2) is 18.6 Å². The molecule has 0 radical (unpaired) electrons. The average molecular weight is 317 g/mol. The standard InChI is InChI=1S/C16H9F2NO2S/c17-10-6-4-9(5-7-10)13-8-19-15(22-13)14-11(16(20)21)2-1-3-12(14)18/h1-8H,(H,20,21). The number of benzene rings is 2. The Bertz CT molecular complexity index is 844. The number of nitrogens with zero attached hydrogens (tertiary/aromatic N) is 1. The monoisotopic (exact) mass is 317 g/mol. The molecule has 22 heavy (non-hydrogen) atoms. The Hall–Kier alpha value is -2.60. The largest absolute Gasteiger partial charge is 0.478 e. The predicted octanol–water partition coefficient (Wildman–Crippen LogP) is 4.45. The van der Waals surface area contributed by atoms with Gasteiger partial charge in [0.1, 0.15) is 16.6 Å². The third-order valence-electron chi connectivity index (χ3n) is 3.09. The van der Waals surface area contributed by atoms with Gasteiger partial charge < -0.3 is 5.11 Å². The van der Waals surface area contributed by atoms with Crippen LogP contribution in [0.15, 0.2) is 48.7 Å². The van der Waals surface area contributed by atoms with Gasteiger partial charge in [-0.05, 0) is 29.8 Å². The van der Waals surface area contributed by atoms with Crippen molar-refractivity contribution in [2.45, 2.75) is 0 Å². The molecule has 0 aliphatic heterocycles. The zero-order valence-corrected chi connectivity index (χ0v) is 11.9. The summed E-state index contributed by atoms with van der Waals surface area (Å²) < 4.78 is 27.0. The van der Waals surface area contributed by atoms with Crippen molar-refractivity contribution in [3.63, 3.8) is 0 Å². The molecule has 0 aliphatic carbocycles. The third kappa shape index (κ3) is 2.60. The van der Waals surface area contributed by atoms with E-state index < -0.39 is 11.8 Å². The van der Waals surface area contributed by atoms with Gasteiger partial charge in [0.15, 0.2) is 0 Å². The molecule has 0 unspecified atom stereocenters. The van der Waals surface area contributed by atoms with Crippen LogP contribution in [-0.4, -0.2) is 16.1 Å². The number of aromatic carboxylic acids is 1. The van der Waals surface area contributed by atoms with E-state index in [1.165, 1.54) is 36.5 Å². The lowest BCUT2D eigenvalue weighted by Gasteiger charge is -2.03. The van der Waals surface area contributed by atoms with Crippen LogP contribution in [0.4, 0.5) is 8.78 Å². The van der Waals surface area contributed by atoms with Crippen LogP contribution in [0.25, 0.3) is 21.0 Å². The molecule has 0 amide bonds. The number of aromatic nitrogens is 1. The van der Waals surface area contributed by atoms with Gasteiger partial charge in [-0.2, -0.15) is 0 Å². The molecule has 0 atom stereocenters. The topological polar surface area (TPSA) is 50.2 Å². The summed E-state index contributed by atoms with van der Waals surface area (Å²) in [6, 6.07) is 9.69. The quantitative estimate of drug-likeness (QED) is 0.776. The number of halogens is 2. The van der Waals surface area contributed by atoms with E-state index >= 15 is 0 Å². The molecule has 2 aromatic carbocycles. The first kappa shape index (κ1) is 14.3. The van der Waals surface area contributed by atoms with Crippen LogP contribution in [0.2, 0.25) is 0 Å². The van der Waals surface area contributed by atoms with Crippen LogP contribution < -0.4 is 0 Å². The van der Waals surface area contributed by atoms with Crippen LogP contribution in [0, 0.1) is 11.6 Å². The van der Waals surface area contributed by atoms with E-state index in [0.29, 0.717) is 4.88 Å². The number of carbonyl (C=O) groups is 1. The summed E-state index contributed by atoms with van der Waals surface area (Å²) in [6.45, 7) is 0. The normalized spacial score (nSPS) is 10.6. The van der Waals surface area contributed by atoms with Gasteiger partial charge in [-0.15, -0.1) is 11.3 Å². The average Bonchev–Trinajstić information content (AvgIpc) is 2.97. The molecule has 3 aromatic rings. The van der Waals surface area contributed by atoms with Crippen molar-refractivity contribution in [2.75, 3.05) is 0 Å². The van der Waals surface area contributed by atoms with E-state index in [1.54, 1.807) is 12.1 Å². The Morgan fingerprint density at radius 3 is 2.50 bits per heavy atom. The molecule has 1 aromatic heterocycles. The van der Waals surface area contributed by atoms with Gasteiger partial charge in [0.05, 0.1) is 16.0 Å². The van der Waals surface area contributed by atoms with Crippen molar-refractivity contribution < 1.29 is 18.7 Å². The molecular weight excluding hydrogens is 308 g/mol. The molecule has 0 saturated heterocycles. The molecule has 3 rings (SSSR count). The molecule has 110 valence electrons. The Balaban J connectivity index is 2.08. The number of hydrogen-bond acceptors (Lipinski definition) is 3.